The molecule has 0 atom stereocenters. The molecule has 0 spiro atoms. The second-order valence-corrected chi connectivity index (χ2v) is 6.63. The molecular formula is C21H26FN3O. The molecule has 0 saturated carbocycles. The summed E-state index contributed by atoms with van der Waals surface area (Å²) in [5, 5.41) is 0. The van der Waals surface area contributed by atoms with E-state index in [0.29, 0.717) is 19.6 Å². The van der Waals surface area contributed by atoms with Crippen LogP contribution in [0.1, 0.15) is 12.5 Å². The highest BCUT2D eigenvalue weighted by molar-refractivity contribution is 5.78. The van der Waals surface area contributed by atoms with Crippen molar-refractivity contribution in [3.8, 4) is 0 Å². The van der Waals surface area contributed by atoms with Crippen molar-refractivity contribution in [1.29, 1.82) is 0 Å². The fourth-order valence-electron chi connectivity index (χ4n) is 3.28. The van der Waals surface area contributed by atoms with Crippen LogP contribution in [0.2, 0.25) is 0 Å². The Labute approximate surface area is 154 Å². The molecule has 0 bridgehead atoms. The summed E-state index contributed by atoms with van der Waals surface area (Å²) in [6, 6.07) is 16.8. The third-order valence-corrected chi connectivity index (χ3v) is 4.88. The highest BCUT2D eigenvalue weighted by atomic mass is 19.1. The van der Waals surface area contributed by atoms with Gasteiger partial charge in [-0.25, -0.2) is 4.39 Å². The normalized spacial score (nSPS) is 14.7. The molecule has 5 heteroatoms. The van der Waals surface area contributed by atoms with Gasteiger partial charge in [-0.1, -0.05) is 37.3 Å². The molecule has 1 aliphatic heterocycles. The number of hydrogen-bond acceptors (Lipinski definition) is 3. The quantitative estimate of drug-likeness (QED) is 0.797. The molecule has 2 aromatic carbocycles. The molecule has 0 aromatic heterocycles. The zero-order valence-electron chi connectivity index (χ0n) is 15.3. The lowest BCUT2D eigenvalue weighted by Crippen LogP contribution is -2.51. The van der Waals surface area contributed by atoms with Crippen LogP contribution in [0, 0.1) is 5.82 Å². The number of piperazine rings is 1. The Balaban J connectivity index is 1.50. The maximum atomic E-state index is 13.1. The topological polar surface area (TPSA) is 26.8 Å². The van der Waals surface area contributed by atoms with Crippen molar-refractivity contribution in [2.24, 2.45) is 0 Å². The first-order valence-electron chi connectivity index (χ1n) is 9.20. The third-order valence-electron chi connectivity index (χ3n) is 4.88. The Bertz CT molecular complexity index is 697. The van der Waals surface area contributed by atoms with E-state index in [4.69, 9.17) is 0 Å². The minimum absolute atomic E-state index is 0.182. The van der Waals surface area contributed by atoms with E-state index in [-0.39, 0.29) is 11.7 Å². The minimum Gasteiger partial charge on any atom is -0.368 e. The van der Waals surface area contributed by atoms with E-state index in [0.717, 1.165) is 31.9 Å². The van der Waals surface area contributed by atoms with E-state index in [1.54, 1.807) is 12.1 Å². The number of amides is 1. The number of nitrogens with zero attached hydrogens (tertiary/aromatic N) is 3. The average Bonchev–Trinajstić information content (AvgIpc) is 2.69. The van der Waals surface area contributed by atoms with Gasteiger partial charge in [0.05, 0.1) is 6.54 Å². The van der Waals surface area contributed by atoms with Crippen LogP contribution in [0.5, 0.6) is 0 Å². The summed E-state index contributed by atoms with van der Waals surface area (Å²) in [5.41, 5.74) is 2.24. The van der Waals surface area contributed by atoms with E-state index in [1.165, 1.54) is 17.7 Å². The highest BCUT2D eigenvalue weighted by Gasteiger charge is 2.22. The maximum absolute atomic E-state index is 13.1. The highest BCUT2D eigenvalue weighted by Crippen LogP contribution is 2.17. The molecule has 0 N–H and O–H groups in total. The van der Waals surface area contributed by atoms with E-state index >= 15 is 0 Å². The maximum Gasteiger partial charge on any atom is 0.236 e. The lowest BCUT2D eigenvalue weighted by atomic mass is 10.2. The minimum atomic E-state index is -0.222. The SMILES string of the molecule is CCN(CC(=O)N1CCN(c2ccc(F)cc2)CC1)Cc1ccccc1. The van der Waals surface area contributed by atoms with Crippen molar-refractivity contribution in [2.45, 2.75) is 13.5 Å². The summed E-state index contributed by atoms with van der Waals surface area (Å²) in [7, 11) is 0. The van der Waals surface area contributed by atoms with Gasteiger partial charge in [-0.15, -0.1) is 0 Å². The zero-order chi connectivity index (χ0) is 18.4. The van der Waals surface area contributed by atoms with E-state index in [1.807, 2.05) is 23.1 Å². The fourth-order valence-corrected chi connectivity index (χ4v) is 3.28. The number of carbonyl (C=O) groups is 1. The van der Waals surface area contributed by atoms with Crippen molar-refractivity contribution in [3.05, 3.63) is 66.0 Å². The number of carbonyl (C=O) groups excluding carboxylic acids is 1. The van der Waals surface area contributed by atoms with Gasteiger partial charge in [-0.05, 0) is 36.4 Å². The number of rotatable bonds is 6. The van der Waals surface area contributed by atoms with Gasteiger partial charge in [0, 0.05) is 38.4 Å². The average molecular weight is 355 g/mol. The van der Waals surface area contributed by atoms with Gasteiger partial charge in [0.1, 0.15) is 5.82 Å². The Kier molecular flexibility index (Phi) is 6.23. The van der Waals surface area contributed by atoms with Crippen molar-refractivity contribution < 1.29 is 9.18 Å². The van der Waals surface area contributed by atoms with Crippen LogP contribution >= 0.6 is 0 Å². The van der Waals surface area contributed by atoms with Crippen LogP contribution in [0.15, 0.2) is 54.6 Å². The van der Waals surface area contributed by atoms with Crippen LogP contribution in [0.25, 0.3) is 0 Å². The van der Waals surface area contributed by atoms with Crippen LogP contribution < -0.4 is 4.90 Å². The van der Waals surface area contributed by atoms with Crippen molar-refractivity contribution >= 4 is 11.6 Å². The predicted molar refractivity (Wildman–Crippen MR) is 103 cm³/mol. The Morgan fingerprint density at radius 3 is 2.27 bits per heavy atom. The Hall–Kier alpha value is -2.40. The number of likely N-dealkylation sites (N-methyl/N-ethyl adjacent to an activating group) is 1. The van der Waals surface area contributed by atoms with Crippen LogP contribution in [-0.2, 0) is 11.3 Å². The largest absolute Gasteiger partial charge is 0.368 e. The Morgan fingerprint density at radius 1 is 1.00 bits per heavy atom. The number of halogens is 1. The molecule has 2 aromatic rings. The van der Waals surface area contributed by atoms with Gasteiger partial charge in [-0.2, -0.15) is 0 Å². The lowest BCUT2D eigenvalue weighted by Gasteiger charge is -2.37. The van der Waals surface area contributed by atoms with E-state index < -0.39 is 0 Å². The standard InChI is InChI=1S/C21H26FN3O/c1-2-23(16-18-6-4-3-5-7-18)17-21(26)25-14-12-24(13-15-25)20-10-8-19(22)9-11-20/h3-11H,2,12-17H2,1H3. The summed E-state index contributed by atoms with van der Waals surface area (Å²) >= 11 is 0. The van der Waals surface area contributed by atoms with Crippen LogP contribution in [0.3, 0.4) is 0 Å². The fraction of sp³-hybridized carbons (Fsp3) is 0.381. The Morgan fingerprint density at radius 2 is 1.65 bits per heavy atom. The summed E-state index contributed by atoms with van der Waals surface area (Å²) in [4.78, 5) is 19.0. The zero-order valence-corrected chi connectivity index (χ0v) is 15.3. The molecule has 138 valence electrons. The van der Waals surface area contributed by atoms with Gasteiger partial charge >= 0.3 is 0 Å². The molecule has 4 nitrogen and oxygen atoms in total. The van der Waals surface area contributed by atoms with E-state index in [9.17, 15) is 9.18 Å². The molecule has 1 fully saturated rings. The van der Waals surface area contributed by atoms with Crippen molar-refractivity contribution in [2.75, 3.05) is 44.2 Å². The van der Waals surface area contributed by atoms with Gasteiger partial charge < -0.3 is 9.80 Å². The third kappa shape index (κ3) is 4.82. The first-order valence-corrected chi connectivity index (χ1v) is 9.20. The molecular weight excluding hydrogens is 329 g/mol. The first-order chi connectivity index (χ1) is 12.7. The number of hydrogen-bond donors (Lipinski definition) is 0. The lowest BCUT2D eigenvalue weighted by molar-refractivity contribution is -0.132. The first kappa shape index (κ1) is 18.4. The molecule has 0 aliphatic carbocycles. The smallest absolute Gasteiger partial charge is 0.236 e. The second-order valence-electron chi connectivity index (χ2n) is 6.63. The molecule has 3 rings (SSSR count). The molecule has 0 radical (unpaired) electrons. The van der Waals surface area contributed by atoms with Gasteiger partial charge in [-0.3, -0.25) is 9.69 Å². The molecule has 26 heavy (non-hydrogen) atoms. The van der Waals surface area contributed by atoms with Crippen LogP contribution in [-0.4, -0.2) is 55.0 Å². The molecule has 1 aliphatic rings. The summed E-state index contributed by atoms with van der Waals surface area (Å²) in [5.74, 6) is -0.0397. The van der Waals surface area contributed by atoms with Gasteiger partial charge in [0.2, 0.25) is 5.91 Å². The van der Waals surface area contributed by atoms with Gasteiger partial charge in [0.25, 0.3) is 0 Å². The van der Waals surface area contributed by atoms with Crippen LogP contribution in [0.4, 0.5) is 10.1 Å². The summed E-state index contributed by atoms with van der Waals surface area (Å²) in [6.45, 7) is 7.14. The molecule has 1 heterocycles. The number of anilines is 1. The monoisotopic (exact) mass is 355 g/mol. The molecule has 1 amide bonds. The van der Waals surface area contributed by atoms with Crippen molar-refractivity contribution in [3.63, 3.8) is 0 Å². The van der Waals surface area contributed by atoms with Gasteiger partial charge in [0.15, 0.2) is 0 Å². The summed E-state index contributed by atoms with van der Waals surface area (Å²) in [6.07, 6.45) is 0. The molecule has 1 saturated heterocycles. The predicted octanol–water partition coefficient (Wildman–Crippen LogP) is 3.00. The molecule has 0 unspecified atom stereocenters. The van der Waals surface area contributed by atoms with E-state index in [2.05, 4.69) is 28.9 Å². The number of benzene rings is 2. The second kappa shape index (κ2) is 8.81. The van der Waals surface area contributed by atoms with Crippen molar-refractivity contribution in [1.82, 2.24) is 9.80 Å². The summed E-state index contributed by atoms with van der Waals surface area (Å²) < 4.78 is 13.1.